The van der Waals surface area contributed by atoms with Crippen molar-refractivity contribution in [2.75, 3.05) is 18.5 Å². The van der Waals surface area contributed by atoms with Gasteiger partial charge < -0.3 is 26.2 Å². The quantitative estimate of drug-likeness (QED) is 0.657. The molecular formula is C15H22FN3O3. The summed E-state index contributed by atoms with van der Waals surface area (Å²) in [5.74, 6) is -0.363. The third kappa shape index (κ3) is 4.66. The Balaban J connectivity index is 1.86. The van der Waals surface area contributed by atoms with Crippen molar-refractivity contribution in [2.24, 2.45) is 5.73 Å². The molecule has 0 unspecified atom stereocenters. The molecule has 0 radical (unpaired) electrons. The molecule has 0 bridgehead atoms. The highest BCUT2D eigenvalue weighted by atomic mass is 19.1. The highest BCUT2D eigenvalue weighted by Crippen LogP contribution is 2.21. The van der Waals surface area contributed by atoms with Crippen molar-refractivity contribution in [1.29, 1.82) is 0 Å². The summed E-state index contributed by atoms with van der Waals surface area (Å²) in [5, 5.41) is 14.8. The molecule has 1 aliphatic rings. The molecule has 1 heterocycles. The van der Waals surface area contributed by atoms with Gasteiger partial charge in [-0.2, -0.15) is 0 Å². The Morgan fingerprint density at radius 1 is 1.36 bits per heavy atom. The van der Waals surface area contributed by atoms with E-state index in [1.807, 2.05) is 0 Å². The van der Waals surface area contributed by atoms with Crippen LogP contribution >= 0.6 is 0 Å². The Kier molecular flexibility index (Phi) is 6.11. The van der Waals surface area contributed by atoms with E-state index in [0.29, 0.717) is 18.7 Å². The number of aliphatic hydroxyl groups is 1. The third-order valence-corrected chi connectivity index (χ3v) is 3.70. The summed E-state index contributed by atoms with van der Waals surface area (Å²) in [5.41, 5.74) is 6.01. The first-order chi connectivity index (χ1) is 10.6. The second kappa shape index (κ2) is 8.07. The minimum atomic E-state index is -0.440. The Morgan fingerprint density at radius 2 is 2.09 bits per heavy atom. The fourth-order valence-electron chi connectivity index (χ4n) is 2.56. The molecule has 2 rings (SSSR count). The Morgan fingerprint density at radius 3 is 2.73 bits per heavy atom. The van der Waals surface area contributed by atoms with Gasteiger partial charge in [-0.3, -0.25) is 0 Å². The van der Waals surface area contributed by atoms with Gasteiger partial charge in [0.05, 0.1) is 18.8 Å². The number of urea groups is 1. The largest absolute Gasteiger partial charge is 0.394 e. The monoisotopic (exact) mass is 311 g/mol. The molecule has 3 atom stereocenters. The summed E-state index contributed by atoms with van der Waals surface area (Å²) in [4.78, 5) is 12.0. The number of carbonyl (C=O) groups is 1. The molecule has 1 aromatic carbocycles. The number of rotatable bonds is 5. The molecule has 1 aliphatic heterocycles. The summed E-state index contributed by atoms with van der Waals surface area (Å²) in [6.45, 7) is 0.370. The average molecular weight is 311 g/mol. The molecule has 5 N–H and O–H groups in total. The second-order valence-electron chi connectivity index (χ2n) is 5.35. The highest BCUT2D eigenvalue weighted by molar-refractivity contribution is 5.89. The minimum absolute atomic E-state index is 0.0281. The number of halogens is 1. The van der Waals surface area contributed by atoms with Crippen molar-refractivity contribution in [3.05, 3.63) is 30.1 Å². The zero-order valence-corrected chi connectivity index (χ0v) is 12.3. The summed E-state index contributed by atoms with van der Waals surface area (Å²) < 4.78 is 18.5. The van der Waals surface area contributed by atoms with E-state index in [0.717, 1.165) is 12.8 Å². The summed E-state index contributed by atoms with van der Waals surface area (Å²) in [6.07, 6.45) is 1.83. The topological polar surface area (TPSA) is 96.6 Å². The molecule has 2 amide bonds. The standard InChI is InChI=1S/C15H22FN3O3/c16-10-1-3-11(4-2-10)18-15(21)19-13-6-5-12(7-8-17)22-14(13)9-20/h1-4,12-14,20H,5-9,17H2,(H2,18,19,21)/t12-,13-,14-/m1/s1. The first kappa shape index (κ1) is 16.7. The van der Waals surface area contributed by atoms with Gasteiger partial charge in [0.2, 0.25) is 0 Å². The van der Waals surface area contributed by atoms with Gasteiger partial charge in [0, 0.05) is 5.69 Å². The van der Waals surface area contributed by atoms with Crippen LogP contribution in [0.2, 0.25) is 0 Å². The number of hydrogen-bond acceptors (Lipinski definition) is 4. The van der Waals surface area contributed by atoms with Crippen LogP contribution in [0.4, 0.5) is 14.9 Å². The van der Waals surface area contributed by atoms with E-state index in [4.69, 9.17) is 10.5 Å². The molecule has 7 heteroatoms. The molecule has 0 spiro atoms. The first-order valence-corrected chi connectivity index (χ1v) is 7.42. The fraction of sp³-hybridized carbons (Fsp3) is 0.533. The van der Waals surface area contributed by atoms with Crippen LogP contribution in [-0.4, -0.2) is 42.5 Å². The molecule has 22 heavy (non-hydrogen) atoms. The Bertz CT molecular complexity index is 483. The van der Waals surface area contributed by atoms with Crippen molar-refractivity contribution in [3.63, 3.8) is 0 Å². The van der Waals surface area contributed by atoms with Gasteiger partial charge >= 0.3 is 6.03 Å². The maximum absolute atomic E-state index is 12.8. The van der Waals surface area contributed by atoms with Gasteiger partial charge in [-0.1, -0.05) is 0 Å². The number of benzene rings is 1. The molecule has 0 aliphatic carbocycles. The lowest BCUT2D eigenvalue weighted by molar-refractivity contribution is -0.0881. The van der Waals surface area contributed by atoms with E-state index in [2.05, 4.69) is 10.6 Å². The maximum atomic E-state index is 12.8. The van der Waals surface area contributed by atoms with E-state index >= 15 is 0 Å². The number of carbonyl (C=O) groups excluding carboxylic acids is 1. The van der Waals surface area contributed by atoms with Crippen molar-refractivity contribution in [3.8, 4) is 0 Å². The van der Waals surface area contributed by atoms with Crippen LogP contribution < -0.4 is 16.4 Å². The van der Waals surface area contributed by atoms with Crippen molar-refractivity contribution in [1.82, 2.24) is 5.32 Å². The number of ether oxygens (including phenoxy) is 1. The van der Waals surface area contributed by atoms with Crippen LogP contribution in [0.15, 0.2) is 24.3 Å². The molecule has 6 nitrogen and oxygen atoms in total. The van der Waals surface area contributed by atoms with Gasteiger partial charge in [-0.25, -0.2) is 9.18 Å². The molecule has 1 aromatic rings. The summed E-state index contributed by atoms with van der Waals surface area (Å²) >= 11 is 0. The van der Waals surface area contributed by atoms with E-state index in [1.54, 1.807) is 0 Å². The zero-order valence-electron chi connectivity index (χ0n) is 12.3. The number of aliphatic hydroxyl groups excluding tert-OH is 1. The molecular weight excluding hydrogens is 289 g/mol. The van der Waals surface area contributed by atoms with Gasteiger partial charge in [0.15, 0.2) is 0 Å². The summed E-state index contributed by atoms with van der Waals surface area (Å²) in [6, 6.07) is 4.83. The second-order valence-corrected chi connectivity index (χ2v) is 5.35. The lowest BCUT2D eigenvalue weighted by Crippen LogP contribution is -2.52. The van der Waals surface area contributed by atoms with E-state index < -0.39 is 12.1 Å². The molecule has 122 valence electrons. The zero-order chi connectivity index (χ0) is 15.9. The Labute approximate surface area is 128 Å². The number of amides is 2. The lowest BCUT2D eigenvalue weighted by atomic mass is 9.97. The predicted molar refractivity (Wildman–Crippen MR) is 81.0 cm³/mol. The smallest absolute Gasteiger partial charge is 0.319 e. The van der Waals surface area contributed by atoms with Crippen molar-refractivity contribution in [2.45, 2.75) is 37.5 Å². The van der Waals surface area contributed by atoms with Crippen LogP contribution in [0.3, 0.4) is 0 Å². The van der Waals surface area contributed by atoms with Crippen LogP contribution in [0.1, 0.15) is 19.3 Å². The van der Waals surface area contributed by atoms with Crippen LogP contribution in [0.25, 0.3) is 0 Å². The van der Waals surface area contributed by atoms with Crippen molar-refractivity contribution >= 4 is 11.7 Å². The highest BCUT2D eigenvalue weighted by Gasteiger charge is 2.31. The minimum Gasteiger partial charge on any atom is -0.394 e. The molecule has 1 fully saturated rings. The van der Waals surface area contributed by atoms with Gasteiger partial charge in [-0.15, -0.1) is 0 Å². The van der Waals surface area contributed by atoms with E-state index in [1.165, 1.54) is 24.3 Å². The van der Waals surface area contributed by atoms with Gasteiger partial charge in [0.25, 0.3) is 0 Å². The van der Waals surface area contributed by atoms with E-state index in [-0.39, 0.29) is 24.6 Å². The van der Waals surface area contributed by atoms with Crippen LogP contribution in [0, 0.1) is 5.82 Å². The van der Waals surface area contributed by atoms with Crippen molar-refractivity contribution < 1.29 is 19.0 Å². The fourth-order valence-corrected chi connectivity index (χ4v) is 2.56. The predicted octanol–water partition coefficient (Wildman–Crippen LogP) is 1.20. The first-order valence-electron chi connectivity index (χ1n) is 7.42. The van der Waals surface area contributed by atoms with Crippen LogP contribution in [0.5, 0.6) is 0 Å². The number of anilines is 1. The molecule has 0 aromatic heterocycles. The molecule has 0 saturated carbocycles. The third-order valence-electron chi connectivity index (χ3n) is 3.70. The van der Waals surface area contributed by atoms with Gasteiger partial charge in [0.1, 0.15) is 11.9 Å². The number of nitrogens with two attached hydrogens (primary N) is 1. The lowest BCUT2D eigenvalue weighted by Gasteiger charge is -2.36. The maximum Gasteiger partial charge on any atom is 0.319 e. The number of nitrogens with one attached hydrogen (secondary N) is 2. The average Bonchev–Trinajstić information content (AvgIpc) is 2.51. The molecule has 1 saturated heterocycles. The normalized spacial score (nSPS) is 24.8. The van der Waals surface area contributed by atoms with E-state index in [9.17, 15) is 14.3 Å². The Hall–Kier alpha value is -1.70. The van der Waals surface area contributed by atoms with Gasteiger partial charge in [-0.05, 0) is 50.1 Å². The van der Waals surface area contributed by atoms with Crippen LogP contribution in [-0.2, 0) is 4.74 Å². The SMILES string of the molecule is NCC[C@H]1CC[C@@H](NC(=O)Nc2ccc(F)cc2)[C@@H](CO)O1. The summed E-state index contributed by atoms with van der Waals surface area (Å²) in [7, 11) is 0. The number of hydrogen-bond donors (Lipinski definition) is 4.